The van der Waals surface area contributed by atoms with Crippen LogP contribution in [0.5, 0.6) is 5.75 Å². The van der Waals surface area contributed by atoms with Gasteiger partial charge in [-0.1, -0.05) is 79.7 Å². The van der Waals surface area contributed by atoms with Gasteiger partial charge in [0.05, 0.1) is 0 Å². The Bertz CT molecular complexity index is 1180. The second kappa shape index (κ2) is 11.7. The Kier molecular flexibility index (Phi) is 8.21. The van der Waals surface area contributed by atoms with E-state index in [1.165, 1.54) is 27.5 Å². The number of hydrogen-bond acceptors (Lipinski definition) is 3. The highest BCUT2D eigenvalue weighted by atomic mass is 16.5. The molecule has 0 atom stereocenters. The molecule has 4 aromatic rings. The van der Waals surface area contributed by atoms with Crippen molar-refractivity contribution in [3.05, 3.63) is 108 Å². The van der Waals surface area contributed by atoms with Crippen molar-refractivity contribution in [2.24, 2.45) is 0 Å². The number of rotatable bonds is 5. The van der Waals surface area contributed by atoms with Crippen molar-refractivity contribution in [1.29, 1.82) is 0 Å². The Hall–Kier alpha value is -3.30. The lowest BCUT2D eigenvalue weighted by molar-refractivity contribution is 0.0967. The van der Waals surface area contributed by atoms with Gasteiger partial charge in [0.1, 0.15) is 11.9 Å². The van der Waals surface area contributed by atoms with Gasteiger partial charge in [0.15, 0.2) is 0 Å². The van der Waals surface area contributed by atoms with Gasteiger partial charge >= 0.3 is 0 Å². The molecule has 0 radical (unpaired) electrons. The summed E-state index contributed by atoms with van der Waals surface area (Å²) in [6, 6.07) is 31.5. The summed E-state index contributed by atoms with van der Waals surface area (Å²) in [5.74, 6) is 0.956. The summed E-state index contributed by atoms with van der Waals surface area (Å²) in [6.45, 7) is 7.49. The van der Waals surface area contributed by atoms with E-state index in [1.54, 1.807) is 0 Å². The number of benzene rings is 4. The summed E-state index contributed by atoms with van der Waals surface area (Å²) in [5.41, 5.74) is 10.7. The minimum Gasteiger partial charge on any atom is -0.490 e. The Morgan fingerprint density at radius 2 is 1.56 bits per heavy atom. The largest absolute Gasteiger partial charge is 0.490 e. The van der Waals surface area contributed by atoms with Crippen LogP contribution in [0.4, 0.5) is 5.69 Å². The second-order valence-corrected chi connectivity index (χ2v) is 9.09. The summed E-state index contributed by atoms with van der Waals surface area (Å²) in [5, 5.41) is 2.68. The Balaban J connectivity index is 0.000000207. The monoisotopic (exact) mass is 452 g/mol. The fourth-order valence-electron chi connectivity index (χ4n) is 4.57. The minimum atomic E-state index is 0.315. The molecular weight excluding hydrogens is 416 g/mol. The topological polar surface area (TPSA) is 38.5 Å². The number of likely N-dealkylation sites (tertiary alicyclic amines) is 1. The van der Waals surface area contributed by atoms with Gasteiger partial charge in [0.2, 0.25) is 0 Å². The van der Waals surface area contributed by atoms with Crippen LogP contribution in [-0.2, 0) is 13.0 Å². The van der Waals surface area contributed by atoms with E-state index < -0.39 is 0 Å². The SMILES string of the molecule is CCc1cc(OC2CCN(Cc3ccccc3)CC2)ccc1N.Cc1cccc2ccccc12. The molecule has 1 aliphatic heterocycles. The zero-order valence-electron chi connectivity index (χ0n) is 20.4. The van der Waals surface area contributed by atoms with Crippen LogP contribution < -0.4 is 10.5 Å². The highest BCUT2D eigenvalue weighted by Gasteiger charge is 2.20. The average molecular weight is 453 g/mol. The number of nitrogen functional groups attached to an aromatic ring is 1. The molecule has 0 aliphatic carbocycles. The van der Waals surface area contributed by atoms with E-state index in [1.807, 2.05) is 12.1 Å². The second-order valence-electron chi connectivity index (χ2n) is 9.09. The Morgan fingerprint density at radius 3 is 2.29 bits per heavy atom. The number of piperidine rings is 1. The lowest BCUT2D eigenvalue weighted by Gasteiger charge is -2.32. The van der Waals surface area contributed by atoms with E-state index in [4.69, 9.17) is 10.5 Å². The third-order valence-electron chi connectivity index (χ3n) is 6.59. The number of aryl methyl sites for hydroxylation is 2. The third kappa shape index (κ3) is 6.39. The van der Waals surface area contributed by atoms with Crippen molar-refractivity contribution in [3.8, 4) is 5.75 Å². The molecule has 0 bridgehead atoms. The molecule has 1 aliphatic rings. The summed E-state index contributed by atoms with van der Waals surface area (Å²) < 4.78 is 6.17. The molecule has 0 amide bonds. The van der Waals surface area contributed by atoms with Gasteiger partial charge in [-0.05, 0) is 71.8 Å². The summed E-state index contributed by atoms with van der Waals surface area (Å²) in [6.07, 6.45) is 3.42. The van der Waals surface area contributed by atoms with Gasteiger partial charge in [0.25, 0.3) is 0 Å². The quantitative estimate of drug-likeness (QED) is 0.331. The molecule has 1 saturated heterocycles. The molecule has 1 fully saturated rings. The molecule has 4 aromatic carbocycles. The molecule has 3 heteroatoms. The van der Waals surface area contributed by atoms with E-state index in [2.05, 4.69) is 97.6 Å². The molecule has 34 heavy (non-hydrogen) atoms. The highest BCUT2D eigenvalue weighted by molar-refractivity contribution is 5.85. The molecule has 2 N–H and O–H groups in total. The normalized spacial score (nSPS) is 14.4. The van der Waals surface area contributed by atoms with Crippen LogP contribution in [0.1, 0.15) is 36.5 Å². The van der Waals surface area contributed by atoms with Crippen LogP contribution in [0, 0.1) is 6.92 Å². The maximum absolute atomic E-state index is 6.17. The van der Waals surface area contributed by atoms with Crippen molar-refractivity contribution in [2.75, 3.05) is 18.8 Å². The van der Waals surface area contributed by atoms with Crippen LogP contribution in [0.25, 0.3) is 10.8 Å². The molecular formula is C31H36N2O. The van der Waals surface area contributed by atoms with E-state index in [0.29, 0.717) is 6.10 Å². The summed E-state index contributed by atoms with van der Waals surface area (Å²) in [4.78, 5) is 2.51. The van der Waals surface area contributed by atoms with Crippen LogP contribution in [0.3, 0.4) is 0 Å². The van der Waals surface area contributed by atoms with Crippen molar-refractivity contribution >= 4 is 16.5 Å². The highest BCUT2D eigenvalue weighted by Crippen LogP contribution is 2.24. The number of anilines is 1. The van der Waals surface area contributed by atoms with Gasteiger partial charge in [-0.15, -0.1) is 0 Å². The number of hydrogen-bond donors (Lipinski definition) is 1. The number of nitrogens with zero attached hydrogens (tertiary/aromatic N) is 1. The lowest BCUT2D eigenvalue weighted by atomic mass is 10.1. The zero-order valence-corrected chi connectivity index (χ0v) is 20.4. The average Bonchev–Trinajstić information content (AvgIpc) is 2.88. The molecule has 5 rings (SSSR count). The summed E-state index contributed by atoms with van der Waals surface area (Å²) >= 11 is 0. The van der Waals surface area contributed by atoms with Crippen LogP contribution in [0.15, 0.2) is 91.0 Å². The molecule has 3 nitrogen and oxygen atoms in total. The maximum atomic E-state index is 6.17. The van der Waals surface area contributed by atoms with Gasteiger partial charge < -0.3 is 10.5 Å². The van der Waals surface area contributed by atoms with Gasteiger partial charge in [-0.25, -0.2) is 0 Å². The molecule has 0 unspecified atom stereocenters. The first-order valence-electron chi connectivity index (χ1n) is 12.4. The van der Waals surface area contributed by atoms with Crippen molar-refractivity contribution in [2.45, 2.75) is 45.8 Å². The van der Waals surface area contributed by atoms with Crippen molar-refractivity contribution < 1.29 is 4.74 Å². The first-order chi connectivity index (χ1) is 16.6. The fourth-order valence-corrected chi connectivity index (χ4v) is 4.57. The zero-order chi connectivity index (χ0) is 23.8. The molecule has 0 spiro atoms. The van der Waals surface area contributed by atoms with Crippen LogP contribution in [-0.4, -0.2) is 24.1 Å². The number of fused-ring (bicyclic) bond motifs is 1. The van der Waals surface area contributed by atoms with E-state index in [0.717, 1.165) is 50.3 Å². The standard InChI is InChI=1S/C20H26N2O.C11H10/c1-2-17-14-19(8-9-20(17)21)23-18-10-12-22(13-11-18)15-16-6-4-3-5-7-16;1-9-5-4-7-10-6-2-3-8-11(9)10/h3-9,14,18H,2,10-13,15,21H2,1H3;2-8H,1H3. The Labute approximate surface area is 204 Å². The summed E-state index contributed by atoms with van der Waals surface area (Å²) in [7, 11) is 0. The molecule has 1 heterocycles. The lowest BCUT2D eigenvalue weighted by Crippen LogP contribution is -2.37. The third-order valence-corrected chi connectivity index (χ3v) is 6.59. The molecule has 176 valence electrons. The molecule has 0 aromatic heterocycles. The van der Waals surface area contributed by atoms with Gasteiger partial charge in [-0.3, -0.25) is 4.90 Å². The van der Waals surface area contributed by atoms with Crippen molar-refractivity contribution in [1.82, 2.24) is 4.90 Å². The first-order valence-corrected chi connectivity index (χ1v) is 12.4. The number of nitrogens with two attached hydrogens (primary N) is 1. The van der Waals surface area contributed by atoms with Gasteiger partial charge in [-0.2, -0.15) is 0 Å². The number of ether oxygens (including phenoxy) is 1. The van der Waals surface area contributed by atoms with Crippen LogP contribution in [0.2, 0.25) is 0 Å². The first kappa shape index (κ1) is 23.8. The molecule has 0 saturated carbocycles. The van der Waals surface area contributed by atoms with Crippen LogP contribution >= 0.6 is 0 Å². The van der Waals surface area contributed by atoms with Gasteiger partial charge in [0, 0.05) is 25.3 Å². The van der Waals surface area contributed by atoms with Crippen molar-refractivity contribution in [3.63, 3.8) is 0 Å². The maximum Gasteiger partial charge on any atom is 0.120 e. The minimum absolute atomic E-state index is 0.315. The predicted molar refractivity (Wildman–Crippen MR) is 144 cm³/mol. The Morgan fingerprint density at radius 1 is 0.853 bits per heavy atom. The fraction of sp³-hybridized carbons (Fsp3) is 0.290. The van der Waals surface area contributed by atoms with E-state index in [9.17, 15) is 0 Å². The van der Waals surface area contributed by atoms with E-state index >= 15 is 0 Å². The van der Waals surface area contributed by atoms with E-state index in [-0.39, 0.29) is 0 Å². The predicted octanol–water partition coefficient (Wildman–Crippen LogP) is 7.02. The smallest absolute Gasteiger partial charge is 0.120 e.